The second-order valence-electron chi connectivity index (χ2n) is 2.53. The molecule has 1 rings (SSSR count). The molecule has 1 amide bonds. The molecule has 0 aliphatic heterocycles. The van der Waals surface area contributed by atoms with E-state index in [4.69, 9.17) is 5.11 Å². The Balaban J connectivity index is 3.17. The van der Waals surface area contributed by atoms with Crippen LogP contribution in [-0.4, -0.2) is 21.4 Å². The van der Waals surface area contributed by atoms with Crippen LogP contribution >= 0.6 is 0 Å². The first-order chi connectivity index (χ1) is 6.02. The molecule has 0 radical (unpaired) electrons. The third-order valence-electron chi connectivity index (χ3n) is 1.65. The van der Waals surface area contributed by atoms with E-state index < -0.39 is 6.09 Å². The van der Waals surface area contributed by atoms with E-state index in [1.165, 1.54) is 19.1 Å². The number of hydrogen-bond donors (Lipinski definition) is 4. The van der Waals surface area contributed by atoms with Crippen LogP contribution in [0, 0.1) is 6.92 Å². The molecule has 0 spiro atoms. The highest BCUT2D eigenvalue weighted by molar-refractivity contribution is 5.87. The molecule has 0 fully saturated rings. The third kappa shape index (κ3) is 1.81. The van der Waals surface area contributed by atoms with E-state index in [0.29, 0.717) is 5.56 Å². The van der Waals surface area contributed by atoms with E-state index in [0.717, 1.165) is 0 Å². The number of anilines is 1. The molecule has 0 aliphatic rings. The summed E-state index contributed by atoms with van der Waals surface area (Å²) in [6.07, 6.45) is -1.29. The molecule has 70 valence electrons. The highest BCUT2D eigenvalue weighted by Gasteiger charge is 2.10. The number of hydrogen-bond acceptors (Lipinski definition) is 3. The van der Waals surface area contributed by atoms with Crippen molar-refractivity contribution in [2.45, 2.75) is 6.92 Å². The van der Waals surface area contributed by atoms with Crippen LogP contribution in [0.15, 0.2) is 12.1 Å². The van der Waals surface area contributed by atoms with Gasteiger partial charge in [0.05, 0.1) is 5.69 Å². The van der Waals surface area contributed by atoms with E-state index in [9.17, 15) is 15.0 Å². The Morgan fingerprint density at radius 2 is 1.85 bits per heavy atom. The molecule has 0 bridgehead atoms. The molecule has 0 saturated carbocycles. The lowest BCUT2D eigenvalue weighted by atomic mass is 10.1. The summed E-state index contributed by atoms with van der Waals surface area (Å²) >= 11 is 0. The predicted octanol–water partition coefficient (Wildman–Crippen LogP) is 1.50. The molecule has 0 aromatic heterocycles. The number of carbonyl (C=O) groups is 1. The Morgan fingerprint density at radius 3 is 2.38 bits per heavy atom. The first-order valence-corrected chi connectivity index (χ1v) is 3.54. The van der Waals surface area contributed by atoms with Crippen LogP contribution in [0.25, 0.3) is 0 Å². The van der Waals surface area contributed by atoms with Crippen molar-refractivity contribution in [3.63, 3.8) is 0 Å². The summed E-state index contributed by atoms with van der Waals surface area (Å²) in [5, 5.41) is 28.8. The Kier molecular flexibility index (Phi) is 2.27. The summed E-state index contributed by atoms with van der Waals surface area (Å²) < 4.78 is 0. The van der Waals surface area contributed by atoms with Crippen LogP contribution in [0.4, 0.5) is 10.5 Å². The summed E-state index contributed by atoms with van der Waals surface area (Å²) in [5.41, 5.74) is 0.301. The van der Waals surface area contributed by atoms with Gasteiger partial charge in [0.25, 0.3) is 0 Å². The Labute approximate surface area is 74.3 Å². The van der Waals surface area contributed by atoms with Gasteiger partial charge in [-0.05, 0) is 19.1 Å². The van der Waals surface area contributed by atoms with Crippen molar-refractivity contribution in [1.82, 2.24) is 0 Å². The SMILES string of the molecule is Cc1c(O)ccc(O)c1NC(=O)O. The highest BCUT2D eigenvalue weighted by atomic mass is 16.4. The number of carboxylic acid groups (broad SMARTS) is 1. The smallest absolute Gasteiger partial charge is 0.409 e. The van der Waals surface area contributed by atoms with Crippen molar-refractivity contribution in [3.05, 3.63) is 17.7 Å². The second kappa shape index (κ2) is 3.22. The van der Waals surface area contributed by atoms with E-state index in [1.807, 2.05) is 5.32 Å². The molecule has 0 heterocycles. The average Bonchev–Trinajstić information content (AvgIpc) is 2.05. The lowest BCUT2D eigenvalue weighted by Crippen LogP contribution is -2.08. The van der Waals surface area contributed by atoms with Gasteiger partial charge in [0.15, 0.2) is 0 Å². The van der Waals surface area contributed by atoms with Crippen molar-refractivity contribution in [2.75, 3.05) is 5.32 Å². The fourth-order valence-electron chi connectivity index (χ4n) is 0.951. The third-order valence-corrected chi connectivity index (χ3v) is 1.65. The second-order valence-corrected chi connectivity index (χ2v) is 2.53. The first kappa shape index (κ1) is 9.18. The van der Waals surface area contributed by atoms with Crippen LogP contribution < -0.4 is 5.32 Å². The monoisotopic (exact) mass is 183 g/mol. The average molecular weight is 183 g/mol. The van der Waals surface area contributed by atoms with Gasteiger partial charge in [-0.25, -0.2) is 4.79 Å². The number of benzene rings is 1. The van der Waals surface area contributed by atoms with Crippen molar-refractivity contribution < 1.29 is 20.1 Å². The zero-order chi connectivity index (χ0) is 10.0. The summed E-state index contributed by atoms with van der Waals surface area (Å²) in [5.74, 6) is -0.278. The van der Waals surface area contributed by atoms with Crippen LogP contribution in [0.3, 0.4) is 0 Å². The van der Waals surface area contributed by atoms with Crippen LogP contribution in [-0.2, 0) is 0 Å². The Hall–Kier alpha value is -1.91. The van der Waals surface area contributed by atoms with Gasteiger partial charge in [-0.3, -0.25) is 5.32 Å². The molecule has 1 aromatic rings. The predicted molar refractivity (Wildman–Crippen MR) is 46.2 cm³/mol. The minimum atomic E-state index is -1.29. The molecule has 0 aliphatic carbocycles. The fourth-order valence-corrected chi connectivity index (χ4v) is 0.951. The van der Waals surface area contributed by atoms with Gasteiger partial charge in [0, 0.05) is 5.56 Å². The zero-order valence-corrected chi connectivity index (χ0v) is 6.90. The molecular formula is C8H9NO4. The normalized spacial score (nSPS) is 9.62. The standard InChI is InChI=1S/C8H9NO4/c1-4-5(10)2-3-6(11)7(4)9-8(12)13/h2-3,9-11H,1H3,(H,12,13). The molecule has 0 saturated heterocycles. The van der Waals surface area contributed by atoms with Gasteiger partial charge >= 0.3 is 6.09 Å². The quantitative estimate of drug-likeness (QED) is 0.392. The van der Waals surface area contributed by atoms with Crippen molar-refractivity contribution in [3.8, 4) is 11.5 Å². The van der Waals surface area contributed by atoms with Gasteiger partial charge in [0.1, 0.15) is 11.5 Å². The number of phenolic OH excluding ortho intramolecular Hbond substituents is 2. The summed E-state index contributed by atoms with van der Waals surface area (Å²) in [4.78, 5) is 10.3. The molecule has 0 atom stereocenters. The van der Waals surface area contributed by atoms with Gasteiger partial charge in [-0.15, -0.1) is 0 Å². The summed E-state index contributed by atoms with van der Waals surface area (Å²) in [6, 6.07) is 2.51. The lowest BCUT2D eigenvalue weighted by molar-refractivity contribution is 0.209. The largest absolute Gasteiger partial charge is 0.508 e. The van der Waals surface area contributed by atoms with Gasteiger partial charge in [-0.1, -0.05) is 0 Å². The Bertz CT molecular complexity index is 348. The number of aromatic hydroxyl groups is 2. The number of rotatable bonds is 1. The molecule has 1 aromatic carbocycles. The van der Waals surface area contributed by atoms with Crippen LogP contribution in [0.1, 0.15) is 5.56 Å². The zero-order valence-electron chi connectivity index (χ0n) is 6.90. The van der Waals surface area contributed by atoms with E-state index in [-0.39, 0.29) is 17.2 Å². The van der Waals surface area contributed by atoms with Crippen molar-refractivity contribution >= 4 is 11.8 Å². The van der Waals surface area contributed by atoms with E-state index in [2.05, 4.69) is 0 Å². The minimum absolute atomic E-state index is 0.00694. The van der Waals surface area contributed by atoms with Crippen molar-refractivity contribution in [2.24, 2.45) is 0 Å². The summed E-state index contributed by atoms with van der Waals surface area (Å²) in [7, 11) is 0. The molecule has 4 N–H and O–H groups in total. The van der Waals surface area contributed by atoms with E-state index >= 15 is 0 Å². The summed E-state index contributed by atoms with van der Waals surface area (Å²) in [6.45, 7) is 1.50. The van der Waals surface area contributed by atoms with Crippen LogP contribution in [0.2, 0.25) is 0 Å². The van der Waals surface area contributed by atoms with Gasteiger partial charge in [0.2, 0.25) is 0 Å². The van der Waals surface area contributed by atoms with Gasteiger partial charge < -0.3 is 15.3 Å². The number of phenols is 2. The van der Waals surface area contributed by atoms with Crippen molar-refractivity contribution in [1.29, 1.82) is 0 Å². The molecule has 5 heteroatoms. The fraction of sp³-hybridized carbons (Fsp3) is 0.125. The number of nitrogens with one attached hydrogen (secondary N) is 1. The maximum absolute atomic E-state index is 10.3. The molecule has 5 nitrogen and oxygen atoms in total. The number of amides is 1. The maximum Gasteiger partial charge on any atom is 0.409 e. The van der Waals surface area contributed by atoms with E-state index in [1.54, 1.807) is 0 Å². The molecule has 0 unspecified atom stereocenters. The lowest BCUT2D eigenvalue weighted by Gasteiger charge is -2.08. The molecule has 13 heavy (non-hydrogen) atoms. The first-order valence-electron chi connectivity index (χ1n) is 3.54. The van der Waals surface area contributed by atoms with Crippen LogP contribution in [0.5, 0.6) is 11.5 Å². The minimum Gasteiger partial charge on any atom is -0.508 e. The topological polar surface area (TPSA) is 89.8 Å². The molecular weight excluding hydrogens is 174 g/mol. The highest BCUT2D eigenvalue weighted by Crippen LogP contribution is 2.32. The Morgan fingerprint density at radius 1 is 1.31 bits per heavy atom. The van der Waals surface area contributed by atoms with Gasteiger partial charge in [-0.2, -0.15) is 0 Å². The maximum atomic E-state index is 10.3.